The molecular formula is C18H25ClF2N2O. The van der Waals surface area contributed by atoms with Crippen molar-refractivity contribution < 1.29 is 13.6 Å². The molecule has 0 radical (unpaired) electrons. The zero-order valence-corrected chi connectivity index (χ0v) is 14.5. The number of rotatable bonds is 4. The van der Waals surface area contributed by atoms with Crippen LogP contribution >= 0.6 is 12.4 Å². The molecule has 2 fully saturated rings. The van der Waals surface area contributed by atoms with Crippen LogP contribution in [0.15, 0.2) is 24.3 Å². The number of alkyl halides is 2. The fourth-order valence-electron chi connectivity index (χ4n) is 3.52. The third-order valence-electron chi connectivity index (χ3n) is 5.11. The largest absolute Gasteiger partial charge is 0.350 e. The first-order chi connectivity index (χ1) is 10.9. The van der Waals surface area contributed by atoms with Crippen LogP contribution < -0.4 is 11.1 Å². The van der Waals surface area contributed by atoms with Crippen molar-refractivity contribution in [3.63, 3.8) is 0 Å². The average molecular weight is 359 g/mol. The Kier molecular flexibility index (Phi) is 5.87. The molecule has 3 nitrogen and oxygen atoms in total. The van der Waals surface area contributed by atoms with Crippen molar-refractivity contribution in [2.24, 2.45) is 5.73 Å². The first-order valence-corrected chi connectivity index (χ1v) is 8.45. The zero-order chi connectivity index (χ0) is 16.5. The van der Waals surface area contributed by atoms with Crippen LogP contribution in [0.1, 0.15) is 66.8 Å². The van der Waals surface area contributed by atoms with Crippen LogP contribution in [-0.4, -0.2) is 23.9 Å². The highest BCUT2D eigenvalue weighted by Crippen LogP contribution is 2.56. The van der Waals surface area contributed by atoms with E-state index in [0.717, 1.165) is 25.7 Å². The number of carbonyl (C=O) groups excluding carboxylic acids is 1. The second kappa shape index (κ2) is 7.36. The Labute approximate surface area is 147 Å². The van der Waals surface area contributed by atoms with Gasteiger partial charge in [0.05, 0.1) is 5.92 Å². The molecule has 1 atom stereocenters. The molecule has 1 unspecified atom stereocenters. The summed E-state index contributed by atoms with van der Waals surface area (Å²) >= 11 is 0. The fraction of sp³-hybridized carbons (Fsp3) is 0.611. The van der Waals surface area contributed by atoms with Crippen molar-refractivity contribution in [3.05, 3.63) is 35.4 Å². The molecule has 0 aromatic heterocycles. The fourth-order valence-corrected chi connectivity index (χ4v) is 3.52. The van der Waals surface area contributed by atoms with Crippen LogP contribution in [0.5, 0.6) is 0 Å². The van der Waals surface area contributed by atoms with Gasteiger partial charge >= 0.3 is 0 Å². The van der Waals surface area contributed by atoms with E-state index in [4.69, 9.17) is 5.73 Å². The molecule has 2 aliphatic rings. The van der Waals surface area contributed by atoms with E-state index in [2.05, 4.69) is 5.32 Å². The smallest absolute Gasteiger partial charge is 0.255 e. The van der Waals surface area contributed by atoms with E-state index in [0.29, 0.717) is 17.7 Å². The maximum absolute atomic E-state index is 13.4. The Morgan fingerprint density at radius 1 is 1.17 bits per heavy atom. The third kappa shape index (κ3) is 4.25. The second-order valence-electron chi connectivity index (χ2n) is 7.06. The van der Waals surface area contributed by atoms with Gasteiger partial charge in [0.1, 0.15) is 0 Å². The van der Waals surface area contributed by atoms with Crippen molar-refractivity contribution in [3.8, 4) is 0 Å². The molecule has 1 amide bonds. The standard InChI is InChI=1S/C18H24F2N2O.ClH/c19-18(20)11-15(18)13-7-3-4-8-14(13)16(23)22-12-17(21)9-5-1-2-6-10-17;/h3-4,7-8,15H,1-2,5-6,9-12,21H2,(H,22,23);1H. The molecule has 0 spiro atoms. The van der Waals surface area contributed by atoms with E-state index in [1.165, 1.54) is 12.8 Å². The number of carbonyl (C=O) groups is 1. The van der Waals surface area contributed by atoms with Crippen molar-refractivity contribution in [2.75, 3.05) is 6.54 Å². The van der Waals surface area contributed by atoms with Crippen LogP contribution in [0.2, 0.25) is 0 Å². The Hall–Kier alpha value is -1.20. The zero-order valence-electron chi connectivity index (χ0n) is 13.7. The number of nitrogens with one attached hydrogen (secondary N) is 1. The van der Waals surface area contributed by atoms with Gasteiger partial charge in [-0.2, -0.15) is 0 Å². The molecule has 0 aliphatic heterocycles. The number of halogens is 3. The van der Waals surface area contributed by atoms with Gasteiger partial charge in [0.25, 0.3) is 11.8 Å². The predicted octanol–water partition coefficient (Wildman–Crippen LogP) is 4.01. The number of nitrogens with two attached hydrogens (primary N) is 1. The molecule has 3 N–H and O–H groups in total. The van der Waals surface area contributed by atoms with Crippen LogP contribution in [-0.2, 0) is 0 Å². The molecule has 6 heteroatoms. The van der Waals surface area contributed by atoms with Crippen LogP contribution in [0, 0.1) is 0 Å². The summed E-state index contributed by atoms with van der Waals surface area (Å²) in [6, 6.07) is 6.67. The highest BCUT2D eigenvalue weighted by molar-refractivity contribution is 5.96. The summed E-state index contributed by atoms with van der Waals surface area (Å²) in [5, 5.41) is 2.88. The molecule has 3 rings (SSSR count). The van der Waals surface area contributed by atoms with Gasteiger partial charge in [-0.1, -0.05) is 43.9 Å². The van der Waals surface area contributed by atoms with Crippen LogP contribution in [0.4, 0.5) is 8.78 Å². The Morgan fingerprint density at radius 2 is 1.75 bits per heavy atom. The first kappa shape index (κ1) is 19.1. The van der Waals surface area contributed by atoms with Gasteiger partial charge in [-0.3, -0.25) is 4.79 Å². The minimum atomic E-state index is -2.67. The number of benzene rings is 1. The van der Waals surface area contributed by atoms with Gasteiger partial charge in [0.15, 0.2) is 0 Å². The van der Waals surface area contributed by atoms with Gasteiger partial charge in [-0.25, -0.2) is 8.78 Å². The molecular weight excluding hydrogens is 334 g/mol. The number of hydrogen-bond donors (Lipinski definition) is 2. The lowest BCUT2D eigenvalue weighted by molar-refractivity contribution is 0.0938. The molecule has 24 heavy (non-hydrogen) atoms. The topological polar surface area (TPSA) is 55.1 Å². The van der Waals surface area contributed by atoms with Crippen LogP contribution in [0.25, 0.3) is 0 Å². The quantitative estimate of drug-likeness (QED) is 0.799. The van der Waals surface area contributed by atoms with Gasteiger partial charge in [0, 0.05) is 24.1 Å². The molecule has 2 aliphatic carbocycles. The number of hydrogen-bond acceptors (Lipinski definition) is 2. The van der Waals surface area contributed by atoms with E-state index in [1.807, 2.05) is 0 Å². The summed E-state index contributed by atoms with van der Waals surface area (Å²) in [5.74, 6) is -3.79. The molecule has 1 aromatic rings. The third-order valence-corrected chi connectivity index (χ3v) is 5.11. The lowest BCUT2D eigenvalue weighted by Crippen LogP contribution is -2.49. The molecule has 0 heterocycles. The van der Waals surface area contributed by atoms with Crippen molar-refractivity contribution >= 4 is 18.3 Å². The summed E-state index contributed by atoms with van der Waals surface area (Å²) in [6.07, 6.45) is 6.16. The minimum absolute atomic E-state index is 0. The SMILES string of the molecule is Cl.NC1(CNC(=O)c2ccccc2C2CC2(F)F)CCCCCC1. The lowest BCUT2D eigenvalue weighted by atomic mass is 9.91. The maximum atomic E-state index is 13.4. The highest BCUT2D eigenvalue weighted by Gasteiger charge is 2.58. The minimum Gasteiger partial charge on any atom is -0.350 e. The van der Waals surface area contributed by atoms with Crippen molar-refractivity contribution in [2.45, 2.75) is 62.3 Å². The van der Waals surface area contributed by atoms with E-state index in [9.17, 15) is 13.6 Å². The van der Waals surface area contributed by atoms with Crippen molar-refractivity contribution in [1.29, 1.82) is 0 Å². The lowest BCUT2D eigenvalue weighted by Gasteiger charge is -2.28. The van der Waals surface area contributed by atoms with Gasteiger partial charge in [-0.15, -0.1) is 12.4 Å². The van der Waals surface area contributed by atoms with E-state index in [-0.39, 0.29) is 30.3 Å². The Balaban J connectivity index is 0.00000208. The van der Waals surface area contributed by atoms with E-state index < -0.39 is 11.8 Å². The van der Waals surface area contributed by atoms with Crippen molar-refractivity contribution in [1.82, 2.24) is 5.32 Å². The number of amides is 1. The van der Waals surface area contributed by atoms with Crippen LogP contribution in [0.3, 0.4) is 0 Å². The maximum Gasteiger partial charge on any atom is 0.255 e. The second-order valence-corrected chi connectivity index (χ2v) is 7.06. The summed E-state index contributed by atoms with van der Waals surface area (Å²) < 4.78 is 26.7. The van der Waals surface area contributed by atoms with Gasteiger partial charge < -0.3 is 11.1 Å². The summed E-state index contributed by atoms with van der Waals surface area (Å²) in [6.45, 7) is 0.404. The van der Waals surface area contributed by atoms with E-state index in [1.54, 1.807) is 24.3 Å². The average Bonchev–Trinajstić information content (AvgIpc) is 3.22. The highest BCUT2D eigenvalue weighted by atomic mass is 35.5. The summed E-state index contributed by atoms with van der Waals surface area (Å²) in [7, 11) is 0. The molecule has 1 aromatic carbocycles. The monoisotopic (exact) mass is 358 g/mol. The van der Waals surface area contributed by atoms with Gasteiger partial charge in [-0.05, 0) is 24.5 Å². The first-order valence-electron chi connectivity index (χ1n) is 8.45. The Morgan fingerprint density at radius 3 is 2.33 bits per heavy atom. The van der Waals surface area contributed by atoms with E-state index >= 15 is 0 Å². The summed E-state index contributed by atoms with van der Waals surface area (Å²) in [5.41, 5.74) is 6.83. The molecule has 0 bridgehead atoms. The normalized spacial score (nSPS) is 24.4. The van der Waals surface area contributed by atoms with Gasteiger partial charge in [0.2, 0.25) is 0 Å². The predicted molar refractivity (Wildman–Crippen MR) is 92.9 cm³/mol. The Bertz CT molecular complexity index is 586. The molecule has 0 saturated heterocycles. The summed E-state index contributed by atoms with van der Waals surface area (Å²) in [4.78, 5) is 12.5. The molecule has 2 saturated carbocycles. The molecule has 134 valence electrons.